The predicted molar refractivity (Wildman–Crippen MR) is 52.0 cm³/mol. The highest BCUT2D eigenvalue weighted by Crippen LogP contribution is 2.41. The minimum absolute atomic E-state index is 0.0367. The summed E-state index contributed by atoms with van der Waals surface area (Å²) in [6.07, 6.45) is 1.42. The van der Waals surface area contributed by atoms with Gasteiger partial charge in [0, 0.05) is 12.0 Å². The monoisotopic (exact) mass is 217 g/mol. The summed E-state index contributed by atoms with van der Waals surface area (Å²) in [6, 6.07) is -0.139. The van der Waals surface area contributed by atoms with Crippen LogP contribution in [0.4, 0.5) is 0 Å². The molecule has 0 aromatic heterocycles. The summed E-state index contributed by atoms with van der Waals surface area (Å²) in [5.41, 5.74) is 0. The van der Waals surface area contributed by atoms with E-state index in [1.54, 1.807) is 6.92 Å². The van der Waals surface area contributed by atoms with Crippen LogP contribution in [0.15, 0.2) is 0 Å². The quantitative estimate of drug-likeness (QED) is 0.646. The molecule has 0 radical (unpaired) electrons. The SMILES string of the molecule is CC1CC1C(=O)N1C(C)CCS1(=O)=O. The lowest BCUT2D eigenvalue weighted by Gasteiger charge is -2.19. The van der Waals surface area contributed by atoms with Crippen LogP contribution in [0.3, 0.4) is 0 Å². The lowest BCUT2D eigenvalue weighted by atomic mass is 10.2. The molecular weight excluding hydrogens is 202 g/mol. The molecular formula is C9H15NO3S. The third-order valence-electron chi connectivity index (χ3n) is 3.14. The fourth-order valence-electron chi connectivity index (χ4n) is 1.99. The van der Waals surface area contributed by atoms with Gasteiger partial charge in [0.1, 0.15) is 0 Å². The van der Waals surface area contributed by atoms with E-state index in [4.69, 9.17) is 0 Å². The van der Waals surface area contributed by atoms with Crippen molar-refractivity contribution in [3.63, 3.8) is 0 Å². The van der Waals surface area contributed by atoms with Gasteiger partial charge in [-0.3, -0.25) is 4.79 Å². The van der Waals surface area contributed by atoms with Gasteiger partial charge in [0.2, 0.25) is 15.9 Å². The molecule has 1 heterocycles. The van der Waals surface area contributed by atoms with Crippen LogP contribution in [0, 0.1) is 11.8 Å². The molecule has 1 amide bonds. The minimum atomic E-state index is -3.28. The number of nitrogens with zero attached hydrogens (tertiary/aromatic N) is 1. The maximum Gasteiger partial charge on any atom is 0.239 e. The fraction of sp³-hybridized carbons (Fsp3) is 0.889. The minimum Gasteiger partial charge on any atom is -0.273 e. The van der Waals surface area contributed by atoms with Crippen LogP contribution in [0.5, 0.6) is 0 Å². The molecule has 1 aliphatic carbocycles. The summed E-state index contributed by atoms with van der Waals surface area (Å²) in [4.78, 5) is 11.8. The molecule has 4 nitrogen and oxygen atoms in total. The van der Waals surface area contributed by atoms with E-state index < -0.39 is 10.0 Å². The predicted octanol–water partition coefficient (Wildman–Crippen LogP) is 0.593. The number of carbonyl (C=O) groups excluding carboxylic acids is 1. The molecule has 0 N–H and O–H groups in total. The van der Waals surface area contributed by atoms with Gasteiger partial charge in [0.25, 0.3) is 0 Å². The Morgan fingerprint density at radius 3 is 2.29 bits per heavy atom. The standard InChI is InChI=1S/C9H15NO3S/c1-6-5-8(6)9(11)10-7(2)3-4-14(10,12)13/h6-8H,3-5H2,1-2H3. The molecule has 14 heavy (non-hydrogen) atoms. The molecule has 0 spiro atoms. The summed E-state index contributed by atoms with van der Waals surface area (Å²) in [5, 5.41) is 0. The largest absolute Gasteiger partial charge is 0.273 e. The first-order chi connectivity index (χ1) is 6.43. The zero-order valence-electron chi connectivity index (χ0n) is 8.43. The van der Waals surface area contributed by atoms with Gasteiger partial charge in [0.15, 0.2) is 0 Å². The van der Waals surface area contributed by atoms with E-state index in [1.165, 1.54) is 0 Å². The Morgan fingerprint density at radius 2 is 1.93 bits per heavy atom. The van der Waals surface area contributed by atoms with Crippen LogP contribution in [0.25, 0.3) is 0 Å². The molecule has 3 atom stereocenters. The average molecular weight is 217 g/mol. The summed E-state index contributed by atoms with van der Waals surface area (Å²) in [6.45, 7) is 3.78. The van der Waals surface area contributed by atoms with E-state index in [9.17, 15) is 13.2 Å². The number of hydrogen-bond acceptors (Lipinski definition) is 3. The highest BCUT2D eigenvalue weighted by Gasteiger charge is 2.48. The molecule has 2 fully saturated rings. The van der Waals surface area contributed by atoms with Crippen LogP contribution in [-0.2, 0) is 14.8 Å². The molecule has 2 aliphatic rings. The van der Waals surface area contributed by atoms with Crippen molar-refractivity contribution >= 4 is 15.9 Å². The molecule has 3 unspecified atom stereocenters. The Labute approximate surface area is 84.3 Å². The highest BCUT2D eigenvalue weighted by atomic mass is 32.2. The van der Waals surface area contributed by atoms with Gasteiger partial charge >= 0.3 is 0 Å². The Morgan fingerprint density at radius 1 is 1.36 bits per heavy atom. The van der Waals surface area contributed by atoms with E-state index in [0.717, 1.165) is 10.7 Å². The summed E-state index contributed by atoms with van der Waals surface area (Å²) in [5.74, 6) is 0.277. The Kier molecular flexibility index (Phi) is 2.10. The lowest BCUT2D eigenvalue weighted by molar-refractivity contribution is -0.129. The van der Waals surface area contributed by atoms with Gasteiger partial charge in [-0.2, -0.15) is 0 Å². The van der Waals surface area contributed by atoms with Gasteiger partial charge in [-0.1, -0.05) is 6.92 Å². The van der Waals surface area contributed by atoms with E-state index >= 15 is 0 Å². The second-order valence-corrected chi connectivity index (χ2v) is 6.37. The molecule has 2 rings (SSSR count). The van der Waals surface area contributed by atoms with Crippen molar-refractivity contribution in [2.45, 2.75) is 32.7 Å². The van der Waals surface area contributed by atoms with Crippen molar-refractivity contribution in [2.24, 2.45) is 11.8 Å². The van der Waals surface area contributed by atoms with Gasteiger partial charge in [-0.25, -0.2) is 12.7 Å². The molecule has 0 aromatic carbocycles. The molecule has 1 saturated carbocycles. The van der Waals surface area contributed by atoms with Gasteiger partial charge < -0.3 is 0 Å². The molecule has 1 saturated heterocycles. The van der Waals surface area contributed by atoms with Crippen molar-refractivity contribution in [1.29, 1.82) is 0 Å². The topological polar surface area (TPSA) is 54.5 Å². The second kappa shape index (κ2) is 2.95. The van der Waals surface area contributed by atoms with Crippen LogP contribution in [0.2, 0.25) is 0 Å². The van der Waals surface area contributed by atoms with Crippen LogP contribution >= 0.6 is 0 Å². The zero-order valence-corrected chi connectivity index (χ0v) is 9.25. The van der Waals surface area contributed by atoms with Crippen molar-refractivity contribution < 1.29 is 13.2 Å². The van der Waals surface area contributed by atoms with E-state index in [2.05, 4.69) is 0 Å². The van der Waals surface area contributed by atoms with Crippen LogP contribution < -0.4 is 0 Å². The lowest BCUT2D eigenvalue weighted by Crippen LogP contribution is -2.38. The normalized spacial score (nSPS) is 39.9. The Bertz CT molecular complexity index is 362. The third-order valence-corrected chi connectivity index (χ3v) is 5.03. The first-order valence-electron chi connectivity index (χ1n) is 4.99. The Balaban J connectivity index is 2.20. The number of rotatable bonds is 1. The van der Waals surface area contributed by atoms with Crippen molar-refractivity contribution in [3.8, 4) is 0 Å². The smallest absolute Gasteiger partial charge is 0.239 e. The maximum atomic E-state index is 11.8. The van der Waals surface area contributed by atoms with Gasteiger partial charge in [0.05, 0.1) is 5.75 Å². The average Bonchev–Trinajstić information content (AvgIpc) is 2.72. The first-order valence-corrected chi connectivity index (χ1v) is 6.60. The van der Waals surface area contributed by atoms with Gasteiger partial charge in [-0.05, 0) is 25.7 Å². The summed E-state index contributed by atoms with van der Waals surface area (Å²) in [7, 11) is -3.28. The first kappa shape index (κ1) is 9.96. The molecule has 1 aliphatic heterocycles. The maximum absolute atomic E-state index is 11.8. The number of carbonyl (C=O) groups is 1. The highest BCUT2D eigenvalue weighted by molar-refractivity contribution is 7.89. The second-order valence-electron chi connectivity index (χ2n) is 4.41. The van der Waals surface area contributed by atoms with Gasteiger partial charge in [-0.15, -0.1) is 0 Å². The van der Waals surface area contributed by atoms with Crippen LogP contribution in [-0.4, -0.2) is 30.4 Å². The van der Waals surface area contributed by atoms with E-state index in [0.29, 0.717) is 12.3 Å². The van der Waals surface area contributed by atoms with Crippen molar-refractivity contribution in [2.75, 3.05) is 5.75 Å². The van der Waals surface area contributed by atoms with E-state index in [-0.39, 0.29) is 23.6 Å². The number of hydrogen-bond donors (Lipinski definition) is 0. The van der Waals surface area contributed by atoms with E-state index in [1.807, 2.05) is 6.92 Å². The fourth-order valence-corrected chi connectivity index (χ4v) is 3.89. The number of sulfonamides is 1. The summed E-state index contributed by atoms with van der Waals surface area (Å²) >= 11 is 0. The van der Waals surface area contributed by atoms with Crippen LogP contribution in [0.1, 0.15) is 26.7 Å². The van der Waals surface area contributed by atoms with Crippen molar-refractivity contribution in [3.05, 3.63) is 0 Å². The Hall–Kier alpha value is -0.580. The third kappa shape index (κ3) is 1.43. The molecule has 0 bridgehead atoms. The summed E-state index contributed by atoms with van der Waals surface area (Å²) < 4.78 is 24.2. The molecule has 80 valence electrons. The number of amides is 1. The zero-order chi connectivity index (χ0) is 10.5. The molecule has 0 aromatic rings. The van der Waals surface area contributed by atoms with Crippen molar-refractivity contribution in [1.82, 2.24) is 4.31 Å². The molecule has 5 heteroatoms.